The van der Waals surface area contributed by atoms with Crippen LogP contribution in [0.4, 0.5) is 0 Å². The number of hydrogen-bond donors (Lipinski definition) is 0. The molecule has 0 rings (SSSR count). The van der Waals surface area contributed by atoms with E-state index in [1.165, 1.54) is 0 Å². The summed E-state index contributed by atoms with van der Waals surface area (Å²) in [6.45, 7) is 3.00. The van der Waals surface area contributed by atoms with Crippen LogP contribution in [-0.4, -0.2) is 24.8 Å². The molecule has 0 fully saturated rings. The van der Waals surface area contributed by atoms with Gasteiger partial charge in [0.05, 0.1) is 12.4 Å². The molecule has 0 aliphatic heterocycles. The Bertz CT molecular complexity index is 193. The molecule has 3 nitrogen and oxygen atoms in total. The predicted octanol–water partition coefficient (Wildman–Crippen LogP) is 2.56. The van der Waals surface area contributed by atoms with Gasteiger partial charge in [0.25, 0.3) is 6.57 Å². The van der Waals surface area contributed by atoms with Crippen LogP contribution in [0.1, 0.15) is 20.3 Å². The topological polar surface area (TPSA) is 43.4 Å². The maximum atomic E-state index is 11.4. The van der Waals surface area contributed by atoms with Crippen molar-refractivity contribution in [3.63, 3.8) is 0 Å². The number of carbonyl (C=O) groups excluding carboxylic acids is 1. The normalized spacial score (nSPS) is 15.6. The van der Waals surface area contributed by atoms with Gasteiger partial charge < -0.3 is 4.52 Å². The Morgan fingerprint density at radius 2 is 2.08 bits per heavy atom. The lowest BCUT2D eigenvalue weighted by atomic mass is 10.4. The average Bonchev–Trinajstić information content (AvgIpc) is 2.00. The van der Waals surface area contributed by atoms with Gasteiger partial charge in [-0.15, -0.1) is 0 Å². The maximum absolute atomic E-state index is 11.4. The molecule has 0 aromatic heterocycles. The van der Waals surface area contributed by atoms with E-state index in [1.807, 2.05) is 0 Å². The summed E-state index contributed by atoms with van der Waals surface area (Å²) in [6, 6.07) is 0. The quantitative estimate of drug-likeness (QED) is 0.632. The number of ketones is 1. The van der Waals surface area contributed by atoms with E-state index in [-0.39, 0.29) is 5.78 Å². The summed E-state index contributed by atoms with van der Waals surface area (Å²) in [5, 5.41) is 0. The molecule has 0 bridgehead atoms. The summed E-state index contributed by atoms with van der Waals surface area (Å²) >= 11 is 1.12. The highest BCUT2D eigenvalue weighted by Crippen LogP contribution is 2.55. The first-order valence-electron chi connectivity index (χ1n) is 3.90. The van der Waals surface area contributed by atoms with Gasteiger partial charge in [0.2, 0.25) is 0 Å². The van der Waals surface area contributed by atoms with Crippen molar-refractivity contribution in [2.24, 2.45) is 0 Å². The Labute approximate surface area is 77.5 Å². The third kappa shape index (κ3) is 5.81. The van der Waals surface area contributed by atoms with Gasteiger partial charge in [-0.05, 0) is 6.92 Å². The van der Waals surface area contributed by atoms with Crippen molar-refractivity contribution < 1.29 is 13.9 Å². The lowest BCUT2D eigenvalue weighted by molar-refractivity contribution is -0.116. The lowest BCUT2D eigenvalue weighted by Crippen LogP contribution is -1.98. The van der Waals surface area contributed by atoms with Crippen molar-refractivity contribution in [1.82, 2.24) is 0 Å². The minimum absolute atomic E-state index is 0.113. The Kier molecular flexibility index (Phi) is 5.89. The molecule has 1 atom stereocenters. The third-order valence-corrected chi connectivity index (χ3v) is 4.98. The van der Waals surface area contributed by atoms with Crippen molar-refractivity contribution in [3.8, 4) is 0 Å². The monoisotopic (exact) mass is 210 g/mol. The van der Waals surface area contributed by atoms with E-state index in [2.05, 4.69) is 0 Å². The fourth-order valence-corrected chi connectivity index (χ4v) is 3.36. The minimum Gasteiger partial charge on any atom is -0.322 e. The van der Waals surface area contributed by atoms with Gasteiger partial charge in [-0.25, -0.2) is 0 Å². The van der Waals surface area contributed by atoms with E-state index in [4.69, 9.17) is 4.52 Å². The fraction of sp³-hybridized carbons (Fsp3) is 0.857. The molecule has 0 amide bonds. The molecular formula is C7H15O3PS. The maximum Gasteiger partial charge on any atom is 0.255 e. The lowest BCUT2D eigenvalue weighted by Gasteiger charge is -2.10. The summed E-state index contributed by atoms with van der Waals surface area (Å²) < 4.78 is 16.4. The Balaban J connectivity index is 3.75. The van der Waals surface area contributed by atoms with E-state index in [1.54, 1.807) is 20.5 Å². The van der Waals surface area contributed by atoms with Crippen LogP contribution in [0.3, 0.4) is 0 Å². The number of rotatable bonds is 6. The first-order valence-corrected chi connectivity index (χ1v) is 7.56. The molecule has 0 N–H and O–H groups in total. The molecule has 0 heterocycles. The van der Waals surface area contributed by atoms with Crippen LogP contribution in [0.2, 0.25) is 0 Å². The molecule has 0 aromatic carbocycles. The highest BCUT2D eigenvalue weighted by molar-refractivity contribution is 8.56. The summed E-state index contributed by atoms with van der Waals surface area (Å²) in [7, 11) is 0. The van der Waals surface area contributed by atoms with E-state index >= 15 is 0 Å². The highest BCUT2D eigenvalue weighted by atomic mass is 32.7. The van der Waals surface area contributed by atoms with Crippen molar-refractivity contribution in [1.29, 1.82) is 0 Å². The van der Waals surface area contributed by atoms with Crippen LogP contribution in [0.5, 0.6) is 0 Å². The molecule has 0 aromatic rings. The van der Waals surface area contributed by atoms with Crippen LogP contribution in [0.15, 0.2) is 0 Å². The van der Waals surface area contributed by atoms with Crippen LogP contribution in [0.25, 0.3) is 0 Å². The van der Waals surface area contributed by atoms with E-state index < -0.39 is 6.57 Å². The SMILES string of the molecule is CCOP(C)(=O)SCC(=O)CC. The Morgan fingerprint density at radius 1 is 1.50 bits per heavy atom. The molecule has 0 aliphatic rings. The van der Waals surface area contributed by atoms with Crippen molar-refractivity contribution in [2.45, 2.75) is 20.3 Å². The van der Waals surface area contributed by atoms with Gasteiger partial charge in [-0.1, -0.05) is 18.3 Å². The first kappa shape index (κ1) is 12.2. The first-order chi connectivity index (χ1) is 5.52. The predicted molar refractivity (Wildman–Crippen MR) is 52.9 cm³/mol. The van der Waals surface area contributed by atoms with Crippen LogP contribution < -0.4 is 0 Å². The van der Waals surface area contributed by atoms with Gasteiger partial charge in [-0.3, -0.25) is 9.36 Å². The van der Waals surface area contributed by atoms with Crippen molar-refractivity contribution in [3.05, 3.63) is 0 Å². The molecule has 0 saturated heterocycles. The molecule has 0 spiro atoms. The largest absolute Gasteiger partial charge is 0.322 e. The Hall–Kier alpha value is 0.210. The zero-order valence-electron chi connectivity index (χ0n) is 7.70. The average molecular weight is 210 g/mol. The summed E-state index contributed by atoms with van der Waals surface area (Å²) in [6.07, 6.45) is 0.499. The van der Waals surface area contributed by atoms with Crippen LogP contribution in [0, 0.1) is 0 Å². The number of Topliss-reactive ketones (excluding diaryl/α,β-unsaturated/α-hetero) is 1. The second-order valence-corrected chi connectivity index (χ2v) is 7.47. The molecule has 0 aliphatic carbocycles. The molecule has 5 heteroatoms. The number of hydrogen-bond acceptors (Lipinski definition) is 4. The molecule has 12 heavy (non-hydrogen) atoms. The molecular weight excluding hydrogens is 195 g/mol. The smallest absolute Gasteiger partial charge is 0.255 e. The second-order valence-electron chi connectivity index (χ2n) is 2.35. The molecule has 72 valence electrons. The van der Waals surface area contributed by atoms with Crippen LogP contribution in [-0.2, 0) is 13.9 Å². The van der Waals surface area contributed by atoms with E-state index in [0.29, 0.717) is 18.8 Å². The standard InChI is InChI=1S/C7H15O3PS/c1-4-7(8)6-12-11(3,9)10-5-2/h4-6H2,1-3H3. The minimum atomic E-state index is -2.56. The summed E-state index contributed by atoms with van der Waals surface area (Å²) in [5.74, 6) is 0.409. The van der Waals surface area contributed by atoms with Crippen molar-refractivity contribution in [2.75, 3.05) is 19.0 Å². The zero-order chi connectivity index (χ0) is 9.61. The summed E-state index contributed by atoms with van der Waals surface area (Å²) in [5.41, 5.74) is 0. The van der Waals surface area contributed by atoms with E-state index in [9.17, 15) is 9.36 Å². The number of carbonyl (C=O) groups is 1. The van der Waals surface area contributed by atoms with E-state index in [0.717, 1.165) is 11.4 Å². The molecule has 0 saturated carbocycles. The third-order valence-electron chi connectivity index (χ3n) is 1.22. The van der Waals surface area contributed by atoms with Crippen LogP contribution >= 0.6 is 18.0 Å². The fourth-order valence-electron chi connectivity index (χ4n) is 0.563. The van der Waals surface area contributed by atoms with Gasteiger partial charge in [-0.2, -0.15) is 0 Å². The zero-order valence-corrected chi connectivity index (χ0v) is 9.41. The van der Waals surface area contributed by atoms with Gasteiger partial charge in [0.1, 0.15) is 5.78 Å². The van der Waals surface area contributed by atoms with Crippen molar-refractivity contribution >= 4 is 23.7 Å². The van der Waals surface area contributed by atoms with Gasteiger partial charge in [0.15, 0.2) is 0 Å². The molecule has 1 unspecified atom stereocenters. The summed E-state index contributed by atoms with van der Waals surface area (Å²) in [4.78, 5) is 10.9. The van der Waals surface area contributed by atoms with Gasteiger partial charge in [0, 0.05) is 13.1 Å². The highest BCUT2D eigenvalue weighted by Gasteiger charge is 2.16. The molecule has 0 radical (unpaired) electrons. The van der Waals surface area contributed by atoms with Gasteiger partial charge >= 0.3 is 0 Å². The Morgan fingerprint density at radius 3 is 2.50 bits per heavy atom. The second kappa shape index (κ2) is 5.79.